The van der Waals surface area contributed by atoms with E-state index in [0.29, 0.717) is 11.3 Å². The number of rotatable bonds is 4. The monoisotopic (exact) mass is 324 g/mol. The predicted molar refractivity (Wildman–Crippen MR) is 93.6 cm³/mol. The lowest BCUT2D eigenvalue weighted by atomic mass is 10.1. The van der Waals surface area contributed by atoms with Crippen LogP contribution in [0.1, 0.15) is 27.0 Å². The Hall–Kier alpha value is -3.08. The Labute approximate surface area is 141 Å². The summed E-state index contributed by atoms with van der Waals surface area (Å²) < 4.78 is 5.25. The molecule has 2 rings (SSSR count). The minimum atomic E-state index is -0.430. The van der Waals surface area contributed by atoms with E-state index in [-0.39, 0.29) is 5.91 Å². The first-order valence-corrected chi connectivity index (χ1v) is 7.50. The van der Waals surface area contributed by atoms with Crippen LogP contribution in [0.3, 0.4) is 0 Å². The van der Waals surface area contributed by atoms with Crippen LogP contribution in [-0.4, -0.2) is 18.9 Å². The third-order valence-electron chi connectivity index (χ3n) is 3.49. The quantitative estimate of drug-likeness (QED) is 0.671. The van der Waals surface area contributed by atoms with Gasteiger partial charge < -0.3 is 4.74 Å². The number of hydrogen-bond donors (Lipinski definition) is 2. The van der Waals surface area contributed by atoms with Gasteiger partial charge in [-0.25, -0.2) is 0 Å². The van der Waals surface area contributed by atoms with Crippen molar-refractivity contribution in [3.05, 3.63) is 70.8 Å². The fourth-order valence-corrected chi connectivity index (χ4v) is 2.20. The van der Waals surface area contributed by atoms with Crippen molar-refractivity contribution >= 4 is 17.9 Å². The zero-order chi connectivity index (χ0) is 17.5. The fraction of sp³-hybridized carbons (Fsp3) is 0.158. The van der Waals surface area contributed by atoms with Crippen molar-refractivity contribution in [2.24, 2.45) is 0 Å². The summed E-state index contributed by atoms with van der Waals surface area (Å²) in [4.78, 5) is 23.9. The lowest BCUT2D eigenvalue weighted by molar-refractivity contribution is -0.117. The van der Waals surface area contributed by atoms with Gasteiger partial charge in [0.25, 0.3) is 11.8 Å². The van der Waals surface area contributed by atoms with Gasteiger partial charge in [-0.2, -0.15) is 0 Å². The van der Waals surface area contributed by atoms with E-state index < -0.39 is 5.91 Å². The van der Waals surface area contributed by atoms with Crippen LogP contribution in [0, 0.1) is 13.8 Å². The molecule has 2 N–H and O–H groups in total. The van der Waals surface area contributed by atoms with Crippen molar-refractivity contribution < 1.29 is 14.3 Å². The van der Waals surface area contributed by atoms with Gasteiger partial charge in [0.2, 0.25) is 0 Å². The first kappa shape index (κ1) is 17.3. The van der Waals surface area contributed by atoms with Crippen molar-refractivity contribution in [1.82, 2.24) is 10.9 Å². The van der Waals surface area contributed by atoms with Crippen LogP contribution in [0.25, 0.3) is 6.08 Å². The Bertz CT molecular complexity index is 782. The number of aryl methyl sites for hydroxylation is 2. The van der Waals surface area contributed by atoms with Crippen molar-refractivity contribution in [2.75, 3.05) is 7.11 Å². The van der Waals surface area contributed by atoms with Crippen LogP contribution in [0.5, 0.6) is 5.75 Å². The minimum Gasteiger partial charge on any atom is -0.496 e. The van der Waals surface area contributed by atoms with E-state index >= 15 is 0 Å². The number of ether oxygens (including phenoxy) is 1. The maximum absolute atomic E-state index is 12.0. The molecule has 0 fully saturated rings. The van der Waals surface area contributed by atoms with Crippen LogP contribution in [0.2, 0.25) is 0 Å². The van der Waals surface area contributed by atoms with Gasteiger partial charge in [0.05, 0.1) is 7.11 Å². The molecule has 0 heterocycles. The van der Waals surface area contributed by atoms with E-state index in [9.17, 15) is 9.59 Å². The van der Waals surface area contributed by atoms with Gasteiger partial charge in [0.1, 0.15) is 5.75 Å². The molecule has 2 amide bonds. The van der Waals surface area contributed by atoms with E-state index in [0.717, 1.165) is 16.7 Å². The molecule has 0 saturated heterocycles. The molecule has 5 nitrogen and oxygen atoms in total. The Kier molecular flexibility index (Phi) is 5.73. The zero-order valence-corrected chi connectivity index (χ0v) is 13.9. The highest BCUT2D eigenvalue weighted by Gasteiger charge is 2.08. The molecule has 124 valence electrons. The minimum absolute atomic E-state index is 0.358. The molecular weight excluding hydrogens is 304 g/mol. The van der Waals surface area contributed by atoms with Crippen LogP contribution in [-0.2, 0) is 4.79 Å². The van der Waals surface area contributed by atoms with Crippen molar-refractivity contribution in [3.63, 3.8) is 0 Å². The third kappa shape index (κ3) is 4.46. The summed E-state index contributed by atoms with van der Waals surface area (Å²) in [5.41, 5.74) is 7.96. The maximum atomic E-state index is 12.0. The highest BCUT2D eigenvalue weighted by molar-refractivity contribution is 5.98. The molecule has 0 spiro atoms. The fourth-order valence-electron chi connectivity index (χ4n) is 2.20. The largest absolute Gasteiger partial charge is 0.496 e. The summed E-state index contributed by atoms with van der Waals surface area (Å²) in [7, 11) is 1.57. The normalized spacial score (nSPS) is 10.5. The topological polar surface area (TPSA) is 67.4 Å². The predicted octanol–water partition coefficient (Wildman–Crippen LogP) is 2.79. The molecule has 0 atom stereocenters. The number of hydrazine groups is 1. The van der Waals surface area contributed by atoms with Crippen LogP contribution in [0.4, 0.5) is 0 Å². The number of carbonyl (C=O) groups excluding carboxylic acids is 2. The molecule has 0 radical (unpaired) electrons. The van der Waals surface area contributed by atoms with Crippen molar-refractivity contribution in [1.29, 1.82) is 0 Å². The van der Waals surface area contributed by atoms with Crippen molar-refractivity contribution in [3.8, 4) is 5.75 Å². The molecule has 2 aromatic rings. The second kappa shape index (κ2) is 7.97. The second-order valence-electron chi connectivity index (χ2n) is 5.34. The number of nitrogens with one attached hydrogen (secondary N) is 2. The number of amides is 2. The Balaban J connectivity index is 1.98. The van der Waals surface area contributed by atoms with E-state index in [4.69, 9.17) is 4.74 Å². The average molecular weight is 324 g/mol. The molecule has 0 aliphatic heterocycles. The number of carbonyl (C=O) groups is 2. The first-order valence-electron chi connectivity index (χ1n) is 7.50. The summed E-state index contributed by atoms with van der Waals surface area (Å²) in [6, 6.07) is 12.8. The second-order valence-corrected chi connectivity index (χ2v) is 5.34. The standard InChI is InChI=1S/C19H20N2O3/c1-13-8-10-17(24-3)15(12-13)9-11-18(22)20-21-19(23)16-7-5-4-6-14(16)2/h4-12H,1-3H3,(H,20,22)(H,21,23)/b11-9+. The van der Waals surface area contributed by atoms with E-state index in [1.54, 1.807) is 25.3 Å². The summed E-state index contributed by atoms with van der Waals surface area (Å²) >= 11 is 0. The number of methoxy groups -OCH3 is 1. The molecular formula is C19H20N2O3. The van der Waals surface area contributed by atoms with Gasteiger partial charge in [-0.3, -0.25) is 20.4 Å². The van der Waals surface area contributed by atoms with Gasteiger partial charge in [-0.15, -0.1) is 0 Å². The highest BCUT2D eigenvalue weighted by atomic mass is 16.5. The number of hydrogen-bond acceptors (Lipinski definition) is 3. The molecule has 0 bridgehead atoms. The molecule has 2 aromatic carbocycles. The molecule has 0 aliphatic rings. The highest BCUT2D eigenvalue weighted by Crippen LogP contribution is 2.20. The Morgan fingerprint density at radius 1 is 1.04 bits per heavy atom. The van der Waals surface area contributed by atoms with E-state index in [1.165, 1.54) is 6.08 Å². The summed E-state index contributed by atoms with van der Waals surface area (Å²) in [6.07, 6.45) is 2.98. The average Bonchev–Trinajstić information content (AvgIpc) is 2.58. The zero-order valence-electron chi connectivity index (χ0n) is 13.9. The maximum Gasteiger partial charge on any atom is 0.269 e. The first-order chi connectivity index (χ1) is 11.5. The SMILES string of the molecule is COc1ccc(C)cc1/C=C/C(=O)NNC(=O)c1ccccc1C. The number of benzene rings is 2. The summed E-state index contributed by atoms with van der Waals surface area (Å²) in [5, 5.41) is 0. The summed E-state index contributed by atoms with van der Waals surface area (Å²) in [5.74, 6) is -0.114. The van der Waals surface area contributed by atoms with Gasteiger partial charge >= 0.3 is 0 Å². The van der Waals surface area contributed by atoms with Crippen LogP contribution >= 0.6 is 0 Å². The van der Waals surface area contributed by atoms with Gasteiger partial charge in [0, 0.05) is 17.2 Å². The van der Waals surface area contributed by atoms with Gasteiger partial charge in [-0.05, 0) is 43.7 Å². The molecule has 0 saturated carbocycles. The lowest BCUT2D eigenvalue weighted by Crippen LogP contribution is -2.41. The molecule has 24 heavy (non-hydrogen) atoms. The molecule has 0 aromatic heterocycles. The van der Waals surface area contributed by atoms with E-state index in [2.05, 4.69) is 10.9 Å². The van der Waals surface area contributed by atoms with Crippen LogP contribution < -0.4 is 15.6 Å². The smallest absolute Gasteiger partial charge is 0.269 e. The molecule has 5 heteroatoms. The Morgan fingerprint density at radius 2 is 1.79 bits per heavy atom. The lowest BCUT2D eigenvalue weighted by Gasteiger charge is -2.08. The van der Waals surface area contributed by atoms with Gasteiger partial charge in [-0.1, -0.05) is 29.8 Å². The third-order valence-corrected chi connectivity index (χ3v) is 3.49. The van der Waals surface area contributed by atoms with Crippen molar-refractivity contribution in [2.45, 2.75) is 13.8 Å². The summed E-state index contributed by atoms with van der Waals surface area (Å²) in [6.45, 7) is 3.79. The van der Waals surface area contributed by atoms with E-state index in [1.807, 2.05) is 44.2 Å². The van der Waals surface area contributed by atoms with Gasteiger partial charge in [0.15, 0.2) is 0 Å². The Morgan fingerprint density at radius 3 is 2.50 bits per heavy atom. The van der Waals surface area contributed by atoms with Crippen LogP contribution in [0.15, 0.2) is 48.5 Å². The molecule has 0 unspecified atom stereocenters. The molecule has 0 aliphatic carbocycles.